The van der Waals surface area contributed by atoms with Gasteiger partial charge in [0.25, 0.3) is 0 Å². The van der Waals surface area contributed by atoms with Gasteiger partial charge in [0.15, 0.2) is 11.6 Å². The van der Waals surface area contributed by atoms with Crippen LogP contribution in [0.2, 0.25) is 0 Å². The molecule has 2 aliphatic carbocycles. The van der Waals surface area contributed by atoms with Gasteiger partial charge in [-0.3, -0.25) is 9.59 Å². The van der Waals surface area contributed by atoms with Crippen LogP contribution in [0.4, 0.5) is 0 Å². The molecule has 0 aromatic carbocycles. The first kappa shape index (κ1) is 18.7. The molecule has 2 aliphatic rings. The zero-order valence-electron chi connectivity index (χ0n) is 15.8. The van der Waals surface area contributed by atoms with E-state index in [2.05, 4.69) is 33.8 Å². The van der Waals surface area contributed by atoms with E-state index in [0.717, 1.165) is 12.0 Å². The molecule has 3 heteroatoms. The molecule has 132 valence electrons. The van der Waals surface area contributed by atoms with Gasteiger partial charge in [-0.2, -0.15) is 0 Å². The smallest absolute Gasteiger partial charge is 0.169 e. The molecule has 3 nitrogen and oxygen atoms in total. The third kappa shape index (κ3) is 2.78. The molecule has 0 saturated heterocycles. The number of aliphatic hydroxyl groups excluding tert-OH is 1. The Balaban J connectivity index is 2.60. The Labute approximate surface area is 145 Å². The average molecular weight is 330 g/mol. The van der Waals surface area contributed by atoms with Gasteiger partial charge in [0.05, 0.1) is 11.3 Å². The van der Waals surface area contributed by atoms with Crippen molar-refractivity contribution in [3.63, 3.8) is 0 Å². The first-order chi connectivity index (χ1) is 11.0. The third-order valence-electron chi connectivity index (χ3n) is 6.06. The van der Waals surface area contributed by atoms with Crippen LogP contribution in [0.3, 0.4) is 0 Å². The minimum atomic E-state index is -0.985. The molecule has 0 radical (unpaired) electrons. The standard InChI is InChI=1S/C21H30O3/c1-13(2)7-8-15-11-16-17(22)12-18(23)21(19(16)24,20(15,5)6)10-9-14(3)4/h7,9,12,15-16,23H,8,10-11H2,1-6H3. The van der Waals surface area contributed by atoms with E-state index in [-0.39, 0.29) is 23.2 Å². The summed E-state index contributed by atoms with van der Waals surface area (Å²) in [6.07, 6.45) is 7.37. The third-order valence-corrected chi connectivity index (χ3v) is 6.06. The molecule has 0 aromatic rings. The maximum atomic E-state index is 13.2. The predicted molar refractivity (Wildman–Crippen MR) is 96.6 cm³/mol. The van der Waals surface area contributed by atoms with E-state index in [4.69, 9.17) is 0 Å². The molecule has 0 aliphatic heterocycles. The minimum absolute atomic E-state index is 0.0434. The largest absolute Gasteiger partial charge is 0.511 e. The molecule has 2 rings (SSSR count). The van der Waals surface area contributed by atoms with Crippen LogP contribution in [0.15, 0.2) is 35.1 Å². The lowest BCUT2D eigenvalue weighted by Gasteiger charge is -2.56. The van der Waals surface area contributed by atoms with Crippen molar-refractivity contribution < 1.29 is 14.7 Å². The quantitative estimate of drug-likeness (QED) is 0.586. The van der Waals surface area contributed by atoms with Crippen molar-refractivity contribution >= 4 is 11.6 Å². The zero-order chi connectivity index (χ0) is 18.3. The number of hydrogen-bond donors (Lipinski definition) is 1. The molecule has 0 amide bonds. The number of carbonyl (C=O) groups excluding carboxylic acids is 2. The van der Waals surface area contributed by atoms with Gasteiger partial charge in [-0.15, -0.1) is 0 Å². The van der Waals surface area contributed by atoms with Crippen LogP contribution >= 0.6 is 0 Å². The molecule has 0 heterocycles. The molecule has 24 heavy (non-hydrogen) atoms. The summed E-state index contributed by atoms with van der Waals surface area (Å²) >= 11 is 0. The van der Waals surface area contributed by atoms with Crippen molar-refractivity contribution in [1.82, 2.24) is 0 Å². The van der Waals surface area contributed by atoms with Crippen LogP contribution in [0.5, 0.6) is 0 Å². The van der Waals surface area contributed by atoms with Crippen molar-refractivity contribution in [3.8, 4) is 0 Å². The molecular formula is C21H30O3. The van der Waals surface area contributed by atoms with E-state index in [1.54, 1.807) is 0 Å². The van der Waals surface area contributed by atoms with Gasteiger partial charge < -0.3 is 5.11 Å². The summed E-state index contributed by atoms with van der Waals surface area (Å²) in [6, 6.07) is 0. The maximum Gasteiger partial charge on any atom is 0.169 e. The number of rotatable bonds is 4. The van der Waals surface area contributed by atoms with Gasteiger partial charge in [-0.1, -0.05) is 37.1 Å². The Morgan fingerprint density at radius 2 is 1.75 bits per heavy atom. The Morgan fingerprint density at radius 3 is 2.29 bits per heavy atom. The van der Waals surface area contributed by atoms with Crippen molar-refractivity contribution in [2.75, 3.05) is 0 Å². The molecule has 0 aromatic heterocycles. The van der Waals surface area contributed by atoms with Gasteiger partial charge >= 0.3 is 0 Å². The molecule has 3 atom stereocenters. The van der Waals surface area contributed by atoms with E-state index < -0.39 is 16.7 Å². The monoisotopic (exact) mass is 330 g/mol. The average Bonchev–Trinajstić information content (AvgIpc) is 2.44. The molecular weight excluding hydrogens is 300 g/mol. The fourth-order valence-corrected chi connectivity index (χ4v) is 4.30. The highest BCUT2D eigenvalue weighted by Crippen LogP contribution is 2.61. The number of ketones is 2. The second-order valence-corrected chi connectivity index (χ2v) is 8.41. The van der Waals surface area contributed by atoms with Gasteiger partial charge in [-0.25, -0.2) is 0 Å². The molecule has 2 bridgehead atoms. The lowest BCUT2D eigenvalue weighted by Crippen LogP contribution is -2.59. The van der Waals surface area contributed by atoms with E-state index in [1.807, 2.05) is 19.9 Å². The molecule has 1 saturated carbocycles. The van der Waals surface area contributed by atoms with E-state index in [1.165, 1.54) is 11.6 Å². The van der Waals surface area contributed by atoms with Crippen LogP contribution in [-0.4, -0.2) is 16.7 Å². The second-order valence-electron chi connectivity index (χ2n) is 8.41. The number of Topliss-reactive ketones (excluding diaryl/α,β-unsaturated/α-hetero) is 1. The summed E-state index contributed by atoms with van der Waals surface area (Å²) in [6.45, 7) is 12.2. The van der Waals surface area contributed by atoms with Gasteiger partial charge in [0.2, 0.25) is 0 Å². The summed E-state index contributed by atoms with van der Waals surface area (Å²) in [7, 11) is 0. The van der Waals surface area contributed by atoms with Crippen LogP contribution in [0.1, 0.15) is 60.8 Å². The van der Waals surface area contributed by atoms with E-state index in [9.17, 15) is 14.7 Å². The molecule has 1 N–H and O–H groups in total. The second kappa shape index (κ2) is 6.34. The van der Waals surface area contributed by atoms with Crippen LogP contribution in [0.25, 0.3) is 0 Å². The van der Waals surface area contributed by atoms with E-state index in [0.29, 0.717) is 12.8 Å². The first-order valence-corrected chi connectivity index (χ1v) is 8.80. The number of hydrogen-bond acceptors (Lipinski definition) is 3. The molecule has 0 spiro atoms. The van der Waals surface area contributed by atoms with Crippen molar-refractivity contribution in [1.29, 1.82) is 0 Å². The van der Waals surface area contributed by atoms with Gasteiger partial charge in [0, 0.05) is 6.08 Å². The zero-order valence-corrected chi connectivity index (χ0v) is 15.8. The van der Waals surface area contributed by atoms with E-state index >= 15 is 0 Å². The number of fused-ring (bicyclic) bond motifs is 2. The fourth-order valence-electron chi connectivity index (χ4n) is 4.30. The highest BCUT2D eigenvalue weighted by molar-refractivity contribution is 6.14. The summed E-state index contributed by atoms with van der Waals surface area (Å²) in [5.74, 6) is -0.792. The maximum absolute atomic E-state index is 13.2. The Kier molecular flexibility index (Phi) is 4.94. The lowest BCUT2D eigenvalue weighted by molar-refractivity contribution is -0.157. The van der Waals surface area contributed by atoms with Crippen molar-refractivity contribution in [3.05, 3.63) is 35.1 Å². The van der Waals surface area contributed by atoms with Gasteiger partial charge in [-0.05, 0) is 58.3 Å². The molecule has 3 unspecified atom stereocenters. The first-order valence-electron chi connectivity index (χ1n) is 8.80. The number of aliphatic hydroxyl groups is 1. The topological polar surface area (TPSA) is 54.4 Å². The summed E-state index contributed by atoms with van der Waals surface area (Å²) in [5.41, 5.74) is 0.944. The van der Waals surface area contributed by atoms with Gasteiger partial charge in [0.1, 0.15) is 5.76 Å². The molecule has 1 fully saturated rings. The summed E-state index contributed by atoms with van der Waals surface area (Å²) in [5, 5.41) is 10.7. The highest BCUT2D eigenvalue weighted by Gasteiger charge is 2.64. The summed E-state index contributed by atoms with van der Waals surface area (Å²) < 4.78 is 0. The SMILES string of the molecule is CC(C)=CCC1CC2C(=O)C=C(O)C(CC=C(C)C)(C2=O)C1(C)C. The number of allylic oxidation sites excluding steroid dienone is 6. The summed E-state index contributed by atoms with van der Waals surface area (Å²) in [4.78, 5) is 25.5. The lowest BCUT2D eigenvalue weighted by atomic mass is 9.45. The van der Waals surface area contributed by atoms with Crippen LogP contribution in [0, 0.1) is 22.7 Å². The fraction of sp³-hybridized carbons (Fsp3) is 0.619. The Bertz CT molecular complexity index is 640. The van der Waals surface area contributed by atoms with Crippen LogP contribution < -0.4 is 0 Å². The van der Waals surface area contributed by atoms with Crippen LogP contribution in [-0.2, 0) is 9.59 Å². The normalized spacial score (nSPS) is 31.3. The predicted octanol–water partition coefficient (Wildman–Crippen LogP) is 4.94. The van der Waals surface area contributed by atoms with Crippen molar-refractivity contribution in [2.45, 2.75) is 60.8 Å². The van der Waals surface area contributed by atoms with Crippen molar-refractivity contribution in [2.24, 2.45) is 22.7 Å². The number of carbonyl (C=O) groups is 2. The Hall–Kier alpha value is -1.64. The minimum Gasteiger partial charge on any atom is -0.511 e. The highest BCUT2D eigenvalue weighted by atomic mass is 16.3. The Morgan fingerprint density at radius 1 is 1.17 bits per heavy atom.